The van der Waals surface area contributed by atoms with Crippen molar-refractivity contribution in [1.29, 1.82) is 0 Å². The summed E-state index contributed by atoms with van der Waals surface area (Å²) in [5.74, 6) is 0. The van der Waals surface area contributed by atoms with Gasteiger partial charge in [-0.05, 0) is 62.4 Å². The molecule has 0 aromatic heterocycles. The summed E-state index contributed by atoms with van der Waals surface area (Å²) >= 11 is 3.40. The van der Waals surface area contributed by atoms with Crippen molar-refractivity contribution in [3.63, 3.8) is 0 Å². The summed E-state index contributed by atoms with van der Waals surface area (Å²) in [5.41, 5.74) is 2.93. The highest BCUT2D eigenvalue weighted by molar-refractivity contribution is 9.10. The van der Waals surface area contributed by atoms with Gasteiger partial charge in [0.25, 0.3) is 0 Å². The Balaban J connectivity index is 2.08. The van der Waals surface area contributed by atoms with Gasteiger partial charge in [-0.2, -0.15) is 10.2 Å². The van der Waals surface area contributed by atoms with E-state index in [-0.39, 0.29) is 0 Å². The minimum absolute atomic E-state index is 0.848. The molecule has 0 bridgehead atoms. The predicted molar refractivity (Wildman–Crippen MR) is 88.3 cm³/mol. The number of hydrogen-bond donors (Lipinski definition) is 0. The Morgan fingerprint density at radius 3 is 1.70 bits per heavy atom. The summed E-state index contributed by atoms with van der Waals surface area (Å²) in [6.45, 7) is 6.34. The molecular formula is C16H18BrN3. The zero-order valence-corrected chi connectivity index (χ0v) is 13.3. The SMILES string of the molecule is CCN(CC)c1ccc(N=Nc2ccc(Br)cc2)cc1. The second kappa shape index (κ2) is 7.20. The average Bonchev–Trinajstić information content (AvgIpc) is 2.49. The van der Waals surface area contributed by atoms with Gasteiger partial charge >= 0.3 is 0 Å². The van der Waals surface area contributed by atoms with Gasteiger partial charge in [0.2, 0.25) is 0 Å². The highest BCUT2D eigenvalue weighted by Crippen LogP contribution is 2.23. The zero-order valence-electron chi connectivity index (χ0n) is 11.8. The Hall–Kier alpha value is -1.68. The first-order chi connectivity index (χ1) is 9.72. The Morgan fingerprint density at radius 1 is 0.800 bits per heavy atom. The van der Waals surface area contributed by atoms with E-state index in [0.29, 0.717) is 0 Å². The lowest BCUT2D eigenvalue weighted by Gasteiger charge is -2.20. The first kappa shape index (κ1) is 14.7. The van der Waals surface area contributed by atoms with Crippen LogP contribution in [0.4, 0.5) is 17.1 Å². The first-order valence-corrected chi connectivity index (χ1v) is 7.54. The molecule has 2 aromatic carbocycles. The molecule has 0 amide bonds. The molecule has 0 saturated carbocycles. The quantitative estimate of drug-likeness (QED) is 0.644. The Bertz CT molecular complexity index is 557. The molecule has 0 N–H and O–H groups in total. The van der Waals surface area contributed by atoms with Crippen LogP contribution in [-0.4, -0.2) is 13.1 Å². The van der Waals surface area contributed by atoms with E-state index in [2.05, 4.69) is 57.0 Å². The van der Waals surface area contributed by atoms with Crippen LogP contribution in [0.2, 0.25) is 0 Å². The van der Waals surface area contributed by atoms with Gasteiger partial charge in [0, 0.05) is 23.2 Å². The van der Waals surface area contributed by atoms with E-state index < -0.39 is 0 Å². The van der Waals surface area contributed by atoms with Crippen LogP contribution in [0.15, 0.2) is 63.2 Å². The van der Waals surface area contributed by atoms with Crippen molar-refractivity contribution in [3.05, 3.63) is 53.0 Å². The van der Waals surface area contributed by atoms with Crippen molar-refractivity contribution >= 4 is 33.0 Å². The van der Waals surface area contributed by atoms with Crippen molar-refractivity contribution in [2.24, 2.45) is 10.2 Å². The fourth-order valence-electron chi connectivity index (χ4n) is 1.94. The molecule has 0 aliphatic rings. The molecular weight excluding hydrogens is 314 g/mol. The number of benzene rings is 2. The highest BCUT2D eigenvalue weighted by atomic mass is 79.9. The molecule has 0 radical (unpaired) electrons. The van der Waals surface area contributed by atoms with Crippen molar-refractivity contribution in [3.8, 4) is 0 Å². The fraction of sp³-hybridized carbons (Fsp3) is 0.250. The average molecular weight is 332 g/mol. The summed E-state index contributed by atoms with van der Waals surface area (Å²) in [7, 11) is 0. The minimum atomic E-state index is 0.848. The predicted octanol–water partition coefficient (Wildman–Crippen LogP) is 5.71. The van der Waals surface area contributed by atoms with Gasteiger partial charge in [-0.15, -0.1) is 0 Å². The second-order valence-electron chi connectivity index (χ2n) is 4.37. The van der Waals surface area contributed by atoms with Crippen LogP contribution in [0.1, 0.15) is 13.8 Å². The summed E-state index contributed by atoms with van der Waals surface area (Å²) in [5, 5.41) is 8.47. The van der Waals surface area contributed by atoms with Crippen molar-refractivity contribution in [2.75, 3.05) is 18.0 Å². The number of rotatable bonds is 5. The van der Waals surface area contributed by atoms with Crippen LogP contribution in [0.5, 0.6) is 0 Å². The molecule has 0 heterocycles. The topological polar surface area (TPSA) is 28.0 Å². The third kappa shape index (κ3) is 3.90. The molecule has 20 heavy (non-hydrogen) atoms. The molecule has 0 aliphatic carbocycles. The summed E-state index contributed by atoms with van der Waals surface area (Å²) in [4.78, 5) is 2.30. The fourth-order valence-corrected chi connectivity index (χ4v) is 2.21. The first-order valence-electron chi connectivity index (χ1n) is 6.75. The van der Waals surface area contributed by atoms with Gasteiger partial charge in [-0.3, -0.25) is 0 Å². The third-order valence-electron chi connectivity index (χ3n) is 3.09. The van der Waals surface area contributed by atoms with Crippen molar-refractivity contribution in [1.82, 2.24) is 0 Å². The van der Waals surface area contributed by atoms with Crippen LogP contribution >= 0.6 is 15.9 Å². The number of azo groups is 1. The van der Waals surface area contributed by atoms with E-state index in [0.717, 1.165) is 28.9 Å². The van der Waals surface area contributed by atoms with E-state index in [1.165, 1.54) is 5.69 Å². The van der Waals surface area contributed by atoms with Crippen molar-refractivity contribution < 1.29 is 0 Å². The standard InChI is InChI=1S/C16H18BrN3/c1-3-20(4-2)16-11-9-15(10-12-16)19-18-14-7-5-13(17)6-8-14/h5-12H,3-4H2,1-2H3. The molecule has 0 spiro atoms. The van der Waals surface area contributed by atoms with Crippen LogP contribution in [0.25, 0.3) is 0 Å². The second-order valence-corrected chi connectivity index (χ2v) is 5.28. The zero-order chi connectivity index (χ0) is 14.4. The lowest BCUT2D eigenvalue weighted by Crippen LogP contribution is -2.21. The largest absolute Gasteiger partial charge is 0.372 e. The van der Waals surface area contributed by atoms with E-state index in [9.17, 15) is 0 Å². The molecule has 2 aromatic rings. The molecule has 0 fully saturated rings. The molecule has 2 rings (SSSR count). The molecule has 4 heteroatoms. The summed E-state index contributed by atoms with van der Waals surface area (Å²) in [6.07, 6.45) is 0. The molecule has 104 valence electrons. The Morgan fingerprint density at radius 2 is 1.25 bits per heavy atom. The van der Waals surface area contributed by atoms with Crippen LogP contribution in [0.3, 0.4) is 0 Å². The minimum Gasteiger partial charge on any atom is -0.372 e. The maximum Gasteiger partial charge on any atom is 0.0858 e. The maximum atomic E-state index is 4.25. The van der Waals surface area contributed by atoms with Crippen LogP contribution in [-0.2, 0) is 0 Å². The molecule has 3 nitrogen and oxygen atoms in total. The molecule has 0 aliphatic heterocycles. The van der Waals surface area contributed by atoms with Crippen LogP contribution in [0, 0.1) is 0 Å². The van der Waals surface area contributed by atoms with E-state index in [1.54, 1.807) is 0 Å². The Kier molecular flexibility index (Phi) is 5.30. The maximum absolute atomic E-state index is 4.25. The van der Waals surface area contributed by atoms with E-state index in [4.69, 9.17) is 0 Å². The van der Waals surface area contributed by atoms with Crippen LogP contribution < -0.4 is 4.90 Å². The lowest BCUT2D eigenvalue weighted by atomic mass is 10.2. The molecule has 0 saturated heterocycles. The molecule has 0 unspecified atom stereocenters. The summed E-state index contributed by atoms with van der Waals surface area (Å²) < 4.78 is 1.04. The van der Waals surface area contributed by atoms with Gasteiger partial charge in [-0.25, -0.2) is 0 Å². The highest BCUT2D eigenvalue weighted by Gasteiger charge is 2.00. The van der Waals surface area contributed by atoms with Crippen molar-refractivity contribution in [2.45, 2.75) is 13.8 Å². The monoisotopic (exact) mass is 331 g/mol. The number of hydrogen-bond acceptors (Lipinski definition) is 3. The number of nitrogens with zero attached hydrogens (tertiary/aromatic N) is 3. The number of anilines is 1. The van der Waals surface area contributed by atoms with Gasteiger partial charge in [0.1, 0.15) is 0 Å². The van der Waals surface area contributed by atoms with Gasteiger partial charge in [-0.1, -0.05) is 15.9 Å². The smallest absolute Gasteiger partial charge is 0.0858 e. The normalized spacial score (nSPS) is 10.9. The van der Waals surface area contributed by atoms with Gasteiger partial charge in [0.15, 0.2) is 0 Å². The third-order valence-corrected chi connectivity index (χ3v) is 3.61. The lowest BCUT2D eigenvalue weighted by molar-refractivity contribution is 0.866. The number of halogens is 1. The van der Waals surface area contributed by atoms with E-state index >= 15 is 0 Å². The van der Waals surface area contributed by atoms with Gasteiger partial charge < -0.3 is 4.90 Å². The van der Waals surface area contributed by atoms with Gasteiger partial charge in [0.05, 0.1) is 11.4 Å². The molecule has 0 atom stereocenters. The van der Waals surface area contributed by atoms with E-state index in [1.807, 2.05) is 36.4 Å². The Labute approximate surface area is 128 Å². The summed E-state index contributed by atoms with van der Waals surface area (Å²) in [6, 6.07) is 15.9.